The van der Waals surface area contributed by atoms with Crippen molar-refractivity contribution in [1.82, 2.24) is 5.32 Å². The van der Waals surface area contributed by atoms with Gasteiger partial charge in [-0.25, -0.2) is 0 Å². The molecule has 126 valence electrons. The molecule has 1 unspecified atom stereocenters. The summed E-state index contributed by atoms with van der Waals surface area (Å²) in [5, 5.41) is 14.0. The minimum absolute atomic E-state index is 0.0208. The number of benzene rings is 2. The van der Waals surface area contributed by atoms with Crippen LogP contribution in [0.5, 0.6) is 0 Å². The van der Waals surface area contributed by atoms with Crippen molar-refractivity contribution in [3.8, 4) is 0 Å². The Morgan fingerprint density at radius 3 is 2.29 bits per heavy atom. The summed E-state index contributed by atoms with van der Waals surface area (Å²) in [5.74, 6) is -0.479. The summed E-state index contributed by atoms with van der Waals surface area (Å²) in [5.41, 5.74) is 1.01. The van der Waals surface area contributed by atoms with Crippen molar-refractivity contribution in [3.05, 3.63) is 72.7 Å². The molecular formula is C16H13Cl3N2O3. The zero-order valence-corrected chi connectivity index (χ0v) is 14.8. The molecular weight excluding hydrogens is 375 g/mol. The van der Waals surface area contributed by atoms with Gasteiger partial charge in [-0.05, 0) is 23.6 Å². The molecule has 2 aromatic carbocycles. The molecule has 0 saturated carbocycles. The van der Waals surface area contributed by atoms with Crippen LogP contribution in [0.15, 0.2) is 36.4 Å². The normalized spacial score (nSPS) is 11.8. The number of nitrogens with one attached hydrogen (secondary N) is 1. The summed E-state index contributed by atoms with van der Waals surface area (Å²) in [4.78, 5) is 22.5. The number of nitrogens with zero attached hydrogens (tertiary/aromatic N) is 1. The van der Waals surface area contributed by atoms with Crippen LogP contribution in [0.4, 0.5) is 5.69 Å². The van der Waals surface area contributed by atoms with E-state index in [1.807, 2.05) is 6.92 Å². The van der Waals surface area contributed by atoms with Crippen molar-refractivity contribution >= 4 is 46.4 Å². The van der Waals surface area contributed by atoms with E-state index in [2.05, 4.69) is 5.32 Å². The molecule has 0 aliphatic rings. The monoisotopic (exact) mass is 386 g/mol. The number of rotatable bonds is 5. The Bertz CT molecular complexity index is 779. The lowest BCUT2D eigenvalue weighted by Gasteiger charge is -2.14. The molecule has 0 fully saturated rings. The van der Waals surface area contributed by atoms with Gasteiger partial charge in [0.05, 0.1) is 25.6 Å². The average molecular weight is 388 g/mol. The number of amides is 1. The second kappa shape index (κ2) is 7.83. The van der Waals surface area contributed by atoms with Gasteiger partial charge in [0.25, 0.3) is 11.6 Å². The van der Waals surface area contributed by atoms with Gasteiger partial charge in [0, 0.05) is 18.7 Å². The van der Waals surface area contributed by atoms with Gasteiger partial charge in [-0.3, -0.25) is 14.9 Å². The highest BCUT2D eigenvalue weighted by atomic mass is 35.5. The summed E-state index contributed by atoms with van der Waals surface area (Å²) in [6, 6.07) is 9.20. The molecule has 0 saturated heterocycles. The van der Waals surface area contributed by atoms with Gasteiger partial charge in [0.15, 0.2) is 0 Å². The number of halogens is 3. The van der Waals surface area contributed by atoms with Crippen LogP contribution < -0.4 is 5.32 Å². The van der Waals surface area contributed by atoms with Gasteiger partial charge in [-0.15, -0.1) is 0 Å². The Labute approximate surface area is 153 Å². The summed E-state index contributed by atoms with van der Waals surface area (Å²) < 4.78 is 0. The fourth-order valence-corrected chi connectivity index (χ4v) is 2.81. The van der Waals surface area contributed by atoms with Crippen LogP contribution in [-0.2, 0) is 0 Å². The van der Waals surface area contributed by atoms with Crippen molar-refractivity contribution in [3.63, 3.8) is 0 Å². The van der Waals surface area contributed by atoms with Crippen molar-refractivity contribution in [2.75, 3.05) is 6.54 Å². The van der Waals surface area contributed by atoms with Crippen molar-refractivity contribution in [2.24, 2.45) is 0 Å². The summed E-state index contributed by atoms with van der Waals surface area (Å²) in [6.45, 7) is 2.21. The molecule has 2 rings (SSSR count). The Kier molecular flexibility index (Phi) is 6.04. The van der Waals surface area contributed by atoms with Crippen LogP contribution in [0.1, 0.15) is 28.8 Å². The quantitative estimate of drug-likeness (QED) is 0.441. The third-order valence-corrected chi connectivity index (χ3v) is 4.63. The highest BCUT2D eigenvalue weighted by Gasteiger charge is 2.18. The lowest BCUT2D eigenvalue weighted by Crippen LogP contribution is -2.28. The molecule has 1 atom stereocenters. The van der Waals surface area contributed by atoms with E-state index in [0.29, 0.717) is 6.54 Å². The van der Waals surface area contributed by atoms with Crippen LogP contribution in [-0.4, -0.2) is 17.4 Å². The van der Waals surface area contributed by atoms with E-state index in [1.54, 1.807) is 12.1 Å². The number of nitro groups is 1. The van der Waals surface area contributed by atoms with E-state index in [9.17, 15) is 14.9 Å². The maximum Gasteiger partial charge on any atom is 0.269 e. The second-order valence-electron chi connectivity index (χ2n) is 5.18. The topological polar surface area (TPSA) is 72.2 Å². The highest BCUT2D eigenvalue weighted by Crippen LogP contribution is 2.31. The number of carbonyl (C=O) groups excluding carboxylic acids is 1. The Morgan fingerprint density at radius 2 is 1.71 bits per heavy atom. The fraction of sp³-hybridized carbons (Fsp3) is 0.188. The third kappa shape index (κ3) is 4.17. The number of carbonyl (C=O) groups is 1. The predicted octanol–water partition coefficient (Wildman–Crippen LogP) is 5.09. The first kappa shape index (κ1) is 18.5. The SMILES string of the molecule is CC(CNC(=O)c1c(Cl)ccc(Cl)c1Cl)c1ccc([N+](=O)[O-])cc1. The first-order valence-corrected chi connectivity index (χ1v) is 8.10. The summed E-state index contributed by atoms with van der Waals surface area (Å²) >= 11 is 17.9. The molecule has 0 aliphatic carbocycles. The van der Waals surface area contributed by atoms with E-state index in [-0.39, 0.29) is 32.2 Å². The molecule has 0 bridgehead atoms. The lowest BCUT2D eigenvalue weighted by atomic mass is 10.0. The Morgan fingerprint density at radius 1 is 1.12 bits per heavy atom. The molecule has 8 heteroatoms. The van der Waals surface area contributed by atoms with Crippen LogP contribution >= 0.6 is 34.8 Å². The standard InChI is InChI=1S/C16H13Cl3N2O3/c1-9(10-2-4-11(5-3-10)21(23)24)8-20-16(22)14-12(17)6-7-13(18)15(14)19/h2-7,9H,8H2,1H3,(H,20,22). The second-order valence-corrected chi connectivity index (χ2v) is 6.37. The lowest BCUT2D eigenvalue weighted by molar-refractivity contribution is -0.384. The van der Waals surface area contributed by atoms with Crippen molar-refractivity contribution in [1.29, 1.82) is 0 Å². The van der Waals surface area contributed by atoms with Gasteiger partial charge in [0.2, 0.25) is 0 Å². The largest absolute Gasteiger partial charge is 0.351 e. The molecule has 1 N–H and O–H groups in total. The molecule has 0 aliphatic heterocycles. The molecule has 0 radical (unpaired) electrons. The zero-order chi connectivity index (χ0) is 17.9. The van der Waals surface area contributed by atoms with Crippen LogP contribution in [0.3, 0.4) is 0 Å². The Balaban J connectivity index is 2.06. The van der Waals surface area contributed by atoms with Crippen LogP contribution in [0.25, 0.3) is 0 Å². The van der Waals surface area contributed by atoms with E-state index >= 15 is 0 Å². The maximum absolute atomic E-state index is 12.3. The Hall–Kier alpha value is -1.82. The van der Waals surface area contributed by atoms with Crippen molar-refractivity contribution in [2.45, 2.75) is 12.8 Å². The number of hydrogen-bond donors (Lipinski definition) is 1. The molecule has 0 heterocycles. The molecule has 24 heavy (non-hydrogen) atoms. The molecule has 1 amide bonds. The minimum atomic E-state index is -0.459. The van der Waals surface area contributed by atoms with Gasteiger partial charge in [-0.2, -0.15) is 0 Å². The first-order chi connectivity index (χ1) is 11.3. The highest BCUT2D eigenvalue weighted by molar-refractivity contribution is 6.46. The van der Waals surface area contributed by atoms with Gasteiger partial charge in [0.1, 0.15) is 0 Å². The number of hydrogen-bond acceptors (Lipinski definition) is 3. The minimum Gasteiger partial charge on any atom is -0.351 e. The summed E-state index contributed by atoms with van der Waals surface area (Å²) in [6.07, 6.45) is 0. The van der Waals surface area contributed by atoms with E-state index < -0.39 is 10.8 Å². The van der Waals surface area contributed by atoms with E-state index in [0.717, 1.165) is 5.56 Å². The zero-order valence-electron chi connectivity index (χ0n) is 12.6. The van der Waals surface area contributed by atoms with E-state index in [1.165, 1.54) is 24.3 Å². The predicted molar refractivity (Wildman–Crippen MR) is 95.3 cm³/mol. The summed E-state index contributed by atoms with van der Waals surface area (Å²) in [7, 11) is 0. The molecule has 5 nitrogen and oxygen atoms in total. The average Bonchev–Trinajstić information content (AvgIpc) is 2.56. The smallest absolute Gasteiger partial charge is 0.269 e. The van der Waals surface area contributed by atoms with Crippen LogP contribution in [0, 0.1) is 10.1 Å². The number of non-ortho nitro benzene ring substituents is 1. The first-order valence-electron chi connectivity index (χ1n) is 6.97. The molecule has 0 spiro atoms. The third-order valence-electron chi connectivity index (χ3n) is 3.51. The maximum atomic E-state index is 12.3. The van der Waals surface area contributed by atoms with Gasteiger partial charge < -0.3 is 5.32 Å². The van der Waals surface area contributed by atoms with Crippen molar-refractivity contribution < 1.29 is 9.72 Å². The fourth-order valence-electron chi connectivity index (χ4n) is 2.11. The van der Waals surface area contributed by atoms with Gasteiger partial charge in [-0.1, -0.05) is 53.9 Å². The number of nitro benzene ring substituents is 1. The molecule has 0 aromatic heterocycles. The van der Waals surface area contributed by atoms with Gasteiger partial charge >= 0.3 is 0 Å². The van der Waals surface area contributed by atoms with E-state index in [4.69, 9.17) is 34.8 Å². The molecule has 2 aromatic rings. The van der Waals surface area contributed by atoms with Crippen LogP contribution in [0.2, 0.25) is 15.1 Å².